The fourth-order valence-electron chi connectivity index (χ4n) is 1.25. The maximum atomic E-state index is 11.7. The van der Waals surface area contributed by atoms with Gasteiger partial charge in [-0.2, -0.15) is 0 Å². The first-order valence-electron chi connectivity index (χ1n) is 5.47. The van der Waals surface area contributed by atoms with Crippen LogP contribution in [0.5, 0.6) is 0 Å². The molecule has 0 saturated heterocycles. The molecule has 1 heterocycles. The number of hydrogen-bond donors (Lipinski definition) is 1. The van der Waals surface area contributed by atoms with Gasteiger partial charge in [-0.25, -0.2) is 14.8 Å². The zero-order valence-corrected chi connectivity index (χ0v) is 10.9. The lowest BCUT2D eigenvalue weighted by molar-refractivity contribution is 0.0470. The molecule has 0 spiro atoms. The molecule has 0 aliphatic heterocycles. The molecule has 17 heavy (non-hydrogen) atoms. The van der Waals surface area contributed by atoms with Crippen LogP contribution in [-0.2, 0) is 10.3 Å². The zero-order chi connectivity index (χ0) is 13.1. The Hall–Kier alpha value is -1.65. The van der Waals surface area contributed by atoms with Crippen LogP contribution in [0.2, 0.25) is 0 Å². The van der Waals surface area contributed by atoms with Gasteiger partial charge in [-0.3, -0.25) is 0 Å². The van der Waals surface area contributed by atoms with Crippen molar-refractivity contribution >= 4 is 6.09 Å². The van der Waals surface area contributed by atoms with E-state index in [1.54, 1.807) is 12.4 Å². The van der Waals surface area contributed by atoms with Gasteiger partial charge in [0.1, 0.15) is 11.9 Å². The van der Waals surface area contributed by atoms with Crippen LogP contribution < -0.4 is 5.32 Å². The van der Waals surface area contributed by atoms with Crippen molar-refractivity contribution in [2.45, 2.75) is 45.8 Å². The number of alkyl carbamates (subject to hydrolysis) is 1. The summed E-state index contributed by atoms with van der Waals surface area (Å²) in [6.07, 6.45) is 4.34. The van der Waals surface area contributed by atoms with E-state index < -0.39 is 17.2 Å². The molecule has 1 rings (SSSR count). The molecule has 1 amide bonds. The smallest absolute Gasteiger partial charge is 0.408 e. The molecule has 1 aromatic rings. The van der Waals surface area contributed by atoms with Crippen LogP contribution in [-0.4, -0.2) is 21.7 Å². The molecule has 0 aliphatic carbocycles. The number of aromatic nitrogens is 2. The molecule has 94 valence electrons. The zero-order valence-electron chi connectivity index (χ0n) is 10.9. The van der Waals surface area contributed by atoms with Gasteiger partial charge in [0.2, 0.25) is 0 Å². The van der Waals surface area contributed by atoms with E-state index in [0.717, 1.165) is 5.56 Å². The summed E-state index contributed by atoms with van der Waals surface area (Å²) in [6.45, 7) is 9.22. The van der Waals surface area contributed by atoms with Gasteiger partial charge in [0, 0.05) is 18.0 Å². The summed E-state index contributed by atoms with van der Waals surface area (Å²) in [7, 11) is 0. The van der Waals surface area contributed by atoms with Crippen LogP contribution in [0.25, 0.3) is 0 Å². The SMILES string of the molecule is CC(C)(C)OC(=O)NC(C)(C)c1cncnc1. The van der Waals surface area contributed by atoms with Crippen molar-refractivity contribution in [2.75, 3.05) is 0 Å². The summed E-state index contributed by atoms with van der Waals surface area (Å²) in [6, 6.07) is 0. The van der Waals surface area contributed by atoms with Gasteiger partial charge < -0.3 is 10.1 Å². The van der Waals surface area contributed by atoms with Crippen molar-refractivity contribution in [1.82, 2.24) is 15.3 Å². The molecule has 0 atom stereocenters. The monoisotopic (exact) mass is 237 g/mol. The standard InChI is InChI=1S/C12H19N3O2/c1-11(2,3)17-10(16)15-12(4,5)9-6-13-8-14-7-9/h6-8H,1-5H3,(H,15,16). The third-order valence-electron chi connectivity index (χ3n) is 2.10. The molecule has 5 nitrogen and oxygen atoms in total. The summed E-state index contributed by atoms with van der Waals surface area (Å²) < 4.78 is 5.20. The second-order valence-electron chi connectivity index (χ2n) is 5.38. The highest BCUT2D eigenvalue weighted by Crippen LogP contribution is 2.18. The molecular weight excluding hydrogens is 218 g/mol. The summed E-state index contributed by atoms with van der Waals surface area (Å²) in [5.74, 6) is 0. The number of hydrogen-bond acceptors (Lipinski definition) is 4. The minimum absolute atomic E-state index is 0.452. The van der Waals surface area contributed by atoms with Gasteiger partial charge in [0.15, 0.2) is 0 Å². The Morgan fingerprint density at radius 1 is 1.18 bits per heavy atom. The lowest BCUT2D eigenvalue weighted by Gasteiger charge is -2.28. The molecule has 0 fully saturated rings. The van der Waals surface area contributed by atoms with Crippen molar-refractivity contribution in [2.24, 2.45) is 0 Å². The molecule has 5 heteroatoms. The highest BCUT2D eigenvalue weighted by atomic mass is 16.6. The Kier molecular flexibility index (Phi) is 3.70. The number of amides is 1. The Balaban J connectivity index is 2.71. The number of rotatable bonds is 2. The van der Waals surface area contributed by atoms with E-state index in [9.17, 15) is 4.79 Å². The van der Waals surface area contributed by atoms with E-state index in [1.165, 1.54) is 6.33 Å². The van der Waals surface area contributed by atoms with E-state index in [0.29, 0.717) is 0 Å². The van der Waals surface area contributed by atoms with E-state index in [4.69, 9.17) is 4.74 Å². The lowest BCUT2D eigenvalue weighted by atomic mass is 9.98. The fraction of sp³-hybridized carbons (Fsp3) is 0.583. The normalized spacial score (nSPS) is 12.1. The van der Waals surface area contributed by atoms with Crippen molar-refractivity contribution in [3.05, 3.63) is 24.3 Å². The number of carbonyl (C=O) groups excluding carboxylic acids is 1. The largest absolute Gasteiger partial charge is 0.444 e. The number of carbonyl (C=O) groups is 1. The molecule has 0 aliphatic rings. The molecular formula is C12H19N3O2. The Morgan fingerprint density at radius 3 is 2.18 bits per heavy atom. The molecule has 0 aromatic carbocycles. The van der Waals surface area contributed by atoms with Gasteiger partial charge in [-0.05, 0) is 34.6 Å². The Bertz CT molecular complexity index is 382. The van der Waals surface area contributed by atoms with Crippen LogP contribution in [0.15, 0.2) is 18.7 Å². The van der Waals surface area contributed by atoms with Crippen molar-refractivity contribution < 1.29 is 9.53 Å². The van der Waals surface area contributed by atoms with E-state index >= 15 is 0 Å². The molecule has 0 unspecified atom stereocenters. The molecule has 1 aromatic heterocycles. The third kappa shape index (κ3) is 4.38. The third-order valence-corrected chi connectivity index (χ3v) is 2.10. The van der Waals surface area contributed by atoms with Crippen LogP contribution in [0, 0.1) is 0 Å². The predicted molar refractivity (Wildman–Crippen MR) is 64.4 cm³/mol. The van der Waals surface area contributed by atoms with Gasteiger partial charge in [0.25, 0.3) is 0 Å². The van der Waals surface area contributed by atoms with E-state index in [-0.39, 0.29) is 0 Å². The first-order chi connectivity index (χ1) is 7.71. The van der Waals surface area contributed by atoms with Crippen LogP contribution in [0.1, 0.15) is 40.2 Å². The van der Waals surface area contributed by atoms with E-state index in [1.807, 2.05) is 34.6 Å². The number of ether oxygens (including phenoxy) is 1. The topological polar surface area (TPSA) is 64.1 Å². The maximum absolute atomic E-state index is 11.7. The molecule has 0 radical (unpaired) electrons. The van der Waals surface area contributed by atoms with E-state index in [2.05, 4.69) is 15.3 Å². The second kappa shape index (κ2) is 4.69. The first kappa shape index (κ1) is 13.4. The van der Waals surface area contributed by atoms with Gasteiger partial charge in [0.05, 0.1) is 5.54 Å². The Labute approximate surface area is 102 Å². The second-order valence-corrected chi connectivity index (χ2v) is 5.38. The van der Waals surface area contributed by atoms with Gasteiger partial charge in [-0.15, -0.1) is 0 Å². The molecule has 1 N–H and O–H groups in total. The number of nitrogens with one attached hydrogen (secondary N) is 1. The summed E-state index contributed by atoms with van der Waals surface area (Å²) in [5.41, 5.74) is -0.248. The van der Waals surface area contributed by atoms with Crippen LogP contribution >= 0.6 is 0 Å². The van der Waals surface area contributed by atoms with Crippen molar-refractivity contribution in [3.8, 4) is 0 Å². The minimum Gasteiger partial charge on any atom is -0.444 e. The quantitative estimate of drug-likeness (QED) is 0.856. The first-order valence-corrected chi connectivity index (χ1v) is 5.47. The average molecular weight is 237 g/mol. The van der Waals surface area contributed by atoms with Crippen LogP contribution in [0.3, 0.4) is 0 Å². The maximum Gasteiger partial charge on any atom is 0.408 e. The van der Waals surface area contributed by atoms with Crippen molar-refractivity contribution in [3.63, 3.8) is 0 Å². The Morgan fingerprint density at radius 2 is 1.71 bits per heavy atom. The van der Waals surface area contributed by atoms with Gasteiger partial charge in [-0.1, -0.05) is 0 Å². The number of nitrogens with zero attached hydrogens (tertiary/aromatic N) is 2. The van der Waals surface area contributed by atoms with Crippen LogP contribution in [0.4, 0.5) is 4.79 Å². The average Bonchev–Trinajstić information content (AvgIpc) is 2.15. The van der Waals surface area contributed by atoms with Crippen molar-refractivity contribution in [1.29, 1.82) is 0 Å². The lowest BCUT2D eigenvalue weighted by Crippen LogP contribution is -2.43. The summed E-state index contributed by atoms with van der Waals surface area (Å²) in [4.78, 5) is 19.5. The fourth-order valence-corrected chi connectivity index (χ4v) is 1.25. The molecule has 0 bridgehead atoms. The summed E-state index contributed by atoms with van der Waals surface area (Å²) >= 11 is 0. The van der Waals surface area contributed by atoms with Gasteiger partial charge >= 0.3 is 6.09 Å². The molecule has 0 saturated carbocycles. The highest BCUT2D eigenvalue weighted by molar-refractivity contribution is 5.69. The summed E-state index contributed by atoms with van der Waals surface area (Å²) in [5, 5.41) is 2.79. The highest BCUT2D eigenvalue weighted by Gasteiger charge is 2.26. The minimum atomic E-state index is -0.566. The predicted octanol–water partition coefficient (Wildman–Crippen LogP) is 2.24.